The number of likely N-dealkylation sites (tertiary alicyclic amines) is 1. The number of nitrogens with one attached hydrogen (secondary N) is 1. The Kier molecular flexibility index (Phi) is 4.32. The molecule has 110 valence electrons. The van der Waals surface area contributed by atoms with Crippen molar-refractivity contribution >= 4 is 23.6 Å². The highest BCUT2D eigenvalue weighted by molar-refractivity contribution is 6.30. The number of anilines is 1. The Bertz CT molecular complexity index is 472. The van der Waals surface area contributed by atoms with Gasteiger partial charge in [0.1, 0.15) is 5.60 Å². The molecule has 0 spiro atoms. The first-order valence-electron chi connectivity index (χ1n) is 6.55. The molecule has 7 heteroatoms. The molecule has 1 unspecified atom stereocenters. The van der Waals surface area contributed by atoms with Gasteiger partial charge in [-0.25, -0.2) is 14.8 Å². The Morgan fingerprint density at radius 1 is 1.45 bits per heavy atom. The fraction of sp³-hybridized carbons (Fsp3) is 0.615. The van der Waals surface area contributed by atoms with Gasteiger partial charge < -0.3 is 15.0 Å². The minimum Gasteiger partial charge on any atom is -0.444 e. The third-order valence-corrected chi connectivity index (χ3v) is 2.99. The van der Waals surface area contributed by atoms with Crippen molar-refractivity contribution in [2.45, 2.75) is 38.8 Å². The fourth-order valence-electron chi connectivity index (χ4n) is 1.94. The monoisotopic (exact) mass is 298 g/mol. The van der Waals surface area contributed by atoms with E-state index < -0.39 is 5.60 Å². The molecule has 0 saturated carbocycles. The minimum absolute atomic E-state index is 0.128. The van der Waals surface area contributed by atoms with E-state index >= 15 is 0 Å². The average Bonchev–Trinajstić information content (AvgIpc) is 2.79. The molecule has 0 aromatic carbocycles. The van der Waals surface area contributed by atoms with E-state index in [0.717, 1.165) is 6.42 Å². The van der Waals surface area contributed by atoms with Gasteiger partial charge in [-0.3, -0.25) is 0 Å². The lowest BCUT2D eigenvalue weighted by molar-refractivity contribution is 0.0293. The van der Waals surface area contributed by atoms with Crippen LogP contribution in [0.25, 0.3) is 0 Å². The van der Waals surface area contributed by atoms with E-state index in [1.165, 1.54) is 12.4 Å². The summed E-state index contributed by atoms with van der Waals surface area (Å²) in [6.07, 6.45) is 3.64. The summed E-state index contributed by atoms with van der Waals surface area (Å²) in [7, 11) is 0. The van der Waals surface area contributed by atoms with Crippen LogP contribution in [-0.4, -0.2) is 45.7 Å². The van der Waals surface area contributed by atoms with Crippen LogP contribution in [0.5, 0.6) is 0 Å². The summed E-state index contributed by atoms with van der Waals surface area (Å²) in [6.45, 7) is 6.83. The highest BCUT2D eigenvalue weighted by Crippen LogP contribution is 2.17. The van der Waals surface area contributed by atoms with Gasteiger partial charge in [-0.2, -0.15) is 0 Å². The first kappa shape index (κ1) is 14.8. The number of carbonyl (C=O) groups excluding carboxylic acids is 1. The van der Waals surface area contributed by atoms with Crippen LogP contribution in [0.3, 0.4) is 0 Å². The van der Waals surface area contributed by atoms with Crippen LogP contribution in [0.15, 0.2) is 12.4 Å². The molecule has 20 heavy (non-hydrogen) atoms. The van der Waals surface area contributed by atoms with E-state index in [0.29, 0.717) is 24.1 Å². The molecule has 1 aromatic heterocycles. The van der Waals surface area contributed by atoms with E-state index in [2.05, 4.69) is 15.3 Å². The van der Waals surface area contributed by atoms with E-state index in [4.69, 9.17) is 16.3 Å². The van der Waals surface area contributed by atoms with Crippen molar-refractivity contribution in [3.63, 3.8) is 0 Å². The summed E-state index contributed by atoms with van der Waals surface area (Å²) in [5.74, 6) is 0.519. The van der Waals surface area contributed by atoms with E-state index in [-0.39, 0.29) is 12.1 Å². The predicted molar refractivity (Wildman–Crippen MR) is 76.9 cm³/mol. The third-order valence-electron chi connectivity index (χ3n) is 2.79. The first-order chi connectivity index (χ1) is 9.33. The second-order valence-electron chi connectivity index (χ2n) is 5.78. The molecule has 1 saturated heterocycles. The lowest BCUT2D eigenvalue weighted by Crippen LogP contribution is -2.36. The second kappa shape index (κ2) is 5.83. The summed E-state index contributed by atoms with van der Waals surface area (Å²) in [5.41, 5.74) is -0.470. The summed E-state index contributed by atoms with van der Waals surface area (Å²) < 4.78 is 5.35. The third kappa shape index (κ3) is 4.23. The van der Waals surface area contributed by atoms with Gasteiger partial charge in [0.15, 0.2) is 0 Å². The molecule has 1 aliphatic rings. The number of hydrogen-bond donors (Lipinski definition) is 1. The number of aromatic nitrogens is 2. The number of rotatable bonds is 2. The van der Waals surface area contributed by atoms with Crippen molar-refractivity contribution < 1.29 is 9.53 Å². The van der Waals surface area contributed by atoms with Crippen LogP contribution in [0, 0.1) is 0 Å². The van der Waals surface area contributed by atoms with Gasteiger partial charge in [0.05, 0.1) is 17.4 Å². The van der Waals surface area contributed by atoms with Crippen LogP contribution in [-0.2, 0) is 4.74 Å². The fourth-order valence-corrected chi connectivity index (χ4v) is 2.04. The van der Waals surface area contributed by atoms with Crippen LogP contribution in [0.2, 0.25) is 5.02 Å². The van der Waals surface area contributed by atoms with Crippen LogP contribution < -0.4 is 5.32 Å². The van der Waals surface area contributed by atoms with Crippen molar-refractivity contribution in [3.8, 4) is 0 Å². The maximum atomic E-state index is 11.9. The zero-order chi connectivity index (χ0) is 14.8. The molecular weight excluding hydrogens is 280 g/mol. The van der Waals surface area contributed by atoms with Gasteiger partial charge in [0.2, 0.25) is 5.95 Å². The molecule has 0 bridgehead atoms. The number of nitrogens with zero attached hydrogens (tertiary/aromatic N) is 3. The Morgan fingerprint density at radius 3 is 2.70 bits per heavy atom. The quantitative estimate of drug-likeness (QED) is 0.909. The standard InChI is InChI=1S/C13H19ClN4O2/c1-13(2,3)20-12(19)18-5-4-10(8-18)17-11-15-6-9(14)7-16-11/h6-7,10H,4-5,8H2,1-3H3,(H,15,16,17). The molecule has 0 radical (unpaired) electrons. The molecule has 6 nitrogen and oxygen atoms in total. The number of amides is 1. The van der Waals surface area contributed by atoms with E-state index in [1.807, 2.05) is 20.8 Å². The summed E-state index contributed by atoms with van der Waals surface area (Å²) in [5, 5.41) is 3.68. The largest absolute Gasteiger partial charge is 0.444 e. The van der Waals surface area contributed by atoms with Gasteiger partial charge in [-0.15, -0.1) is 0 Å². The maximum Gasteiger partial charge on any atom is 0.410 e. The Balaban J connectivity index is 1.86. The van der Waals surface area contributed by atoms with Crippen LogP contribution in [0.1, 0.15) is 27.2 Å². The number of hydrogen-bond acceptors (Lipinski definition) is 5. The van der Waals surface area contributed by atoms with Crippen molar-refractivity contribution in [2.24, 2.45) is 0 Å². The lowest BCUT2D eigenvalue weighted by atomic mass is 10.2. The average molecular weight is 299 g/mol. The Hall–Kier alpha value is -1.56. The SMILES string of the molecule is CC(C)(C)OC(=O)N1CCC(Nc2ncc(Cl)cn2)C1. The van der Waals surface area contributed by atoms with E-state index in [9.17, 15) is 4.79 Å². The number of halogens is 1. The van der Waals surface area contributed by atoms with Crippen molar-refractivity contribution in [1.29, 1.82) is 0 Å². The normalized spacial score (nSPS) is 19.0. The minimum atomic E-state index is -0.470. The topological polar surface area (TPSA) is 67.3 Å². The summed E-state index contributed by atoms with van der Waals surface area (Å²) in [6, 6.07) is 0.128. The molecule has 1 amide bonds. The van der Waals surface area contributed by atoms with Crippen LogP contribution >= 0.6 is 11.6 Å². The predicted octanol–water partition coefficient (Wildman–Crippen LogP) is 2.55. The molecule has 1 aromatic rings. The van der Waals surface area contributed by atoms with Gasteiger partial charge >= 0.3 is 6.09 Å². The molecule has 1 N–H and O–H groups in total. The highest BCUT2D eigenvalue weighted by Gasteiger charge is 2.29. The molecule has 0 aliphatic carbocycles. The van der Waals surface area contributed by atoms with Gasteiger partial charge in [-0.05, 0) is 27.2 Å². The van der Waals surface area contributed by atoms with E-state index in [1.54, 1.807) is 4.90 Å². The molecular formula is C13H19ClN4O2. The van der Waals surface area contributed by atoms with Crippen molar-refractivity contribution in [3.05, 3.63) is 17.4 Å². The molecule has 1 atom stereocenters. The number of carbonyl (C=O) groups is 1. The summed E-state index contributed by atoms with van der Waals surface area (Å²) >= 11 is 5.73. The van der Waals surface area contributed by atoms with Crippen molar-refractivity contribution in [1.82, 2.24) is 14.9 Å². The summed E-state index contributed by atoms with van der Waals surface area (Å²) in [4.78, 5) is 21.8. The number of ether oxygens (including phenoxy) is 1. The highest BCUT2D eigenvalue weighted by atomic mass is 35.5. The zero-order valence-corrected chi connectivity index (χ0v) is 12.6. The Labute approximate surface area is 123 Å². The van der Waals surface area contributed by atoms with Gasteiger partial charge in [-0.1, -0.05) is 11.6 Å². The first-order valence-corrected chi connectivity index (χ1v) is 6.93. The smallest absolute Gasteiger partial charge is 0.410 e. The van der Waals surface area contributed by atoms with Crippen LogP contribution in [0.4, 0.5) is 10.7 Å². The Morgan fingerprint density at radius 2 is 2.10 bits per heavy atom. The maximum absolute atomic E-state index is 11.9. The van der Waals surface area contributed by atoms with Gasteiger partial charge in [0.25, 0.3) is 0 Å². The van der Waals surface area contributed by atoms with Crippen molar-refractivity contribution in [2.75, 3.05) is 18.4 Å². The second-order valence-corrected chi connectivity index (χ2v) is 6.22. The molecule has 1 aliphatic heterocycles. The van der Waals surface area contributed by atoms with Gasteiger partial charge in [0, 0.05) is 19.1 Å². The zero-order valence-electron chi connectivity index (χ0n) is 11.9. The molecule has 2 heterocycles. The lowest BCUT2D eigenvalue weighted by Gasteiger charge is -2.24. The molecule has 1 fully saturated rings. The molecule has 2 rings (SSSR count).